The third kappa shape index (κ3) is 22.3. The summed E-state index contributed by atoms with van der Waals surface area (Å²) in [6, 6.07) is 24.0. The van der Waals surface area contributed by atoms with Crippen LogP contribution in [-0.2, 0) is 16.2 Å². The third-order valence-corrected chi connectivity index (χ3v) is 16.9. The molecule has 3 aromatic carbocycles. The van der Waals surface area contributed by atoms with E-state index in [0.29, 0.717) is 32.0 Å². The van der Waals surface area contributed by atoms with Crippen molar-refractivity contribution in [3.8, 4) is 43.9 Å². The molecule has 11 heteroatoms. The fraction of sp³-hybridized carbons (Fsp3) is 0.561. The zero-order chi connectivity index (χ0) is 54.1. The van der Waals surface area contributed by atoms with E-state index in [9.17, 15) is 14.4 Å². The SMILES string of the molecule is CCCCCCCCCCCCOc1cc(COc2ccc(-c3cc4sc(-c5ccc(C=C6C(=O)NC(=O)NC6=O)cc5)cc4s3)cc2)cc(OCCCCCCCCCCCC)c1OCCCCCCCCCCCC. The number of fused-ring (bicyclic) bond motifs is 1. The van der Waals surface area contributed by atoms with Gasteiger partial charge in [-0.3, -0.25) is 20.2 Å². The van der Waals surface area contributed by atoms with Gasteiger partial charge in [0.25, 0.3) is 11.8 Å². The van der Waals surface area contributed by atoms with Crippen LogP contribution < -0.4 is 29.6 Å². The van der Waals surface area contributed by atoms with E-state index in [1.54, 1.807) is 22.7 Å². The summed E-state index contributed by atoms with van der Waals surface area (Å²) in [7, 11) is 0. The minimum absolute atomic E-state index is 0.103. The van der Waals surface area contributed by atoms with Crippen LogP contribution in [0.25, 0.3) is 36.4 Å². The Hall–Kier alpha value is -5.13. The Bertz CT molecular complexity index is 2410. The second-order valence-corrected chi connectivity index (χ2v) is 23.4. The van der Waals surface area contributed by atoms with Crippen molar-refractivity contribution in [3.05, 3.63) is 89.5 Å². The van der Waals surface area contributed by atoms with Gasteiger partial charge in [-0.25, -0.2) is 4.79 Å². The summed E-state index contributed by atoms with van der Waals surface area (Å²) < 4.78 is 28.9. The van der Waals surface area contributed by atoms with E-state index < -0.39 is 17.8 Å². The molecule has 0 aliphatic carbocycles. The van der Waals surface area contributed by atoms with Gasteiger partial charge in [0.05, 0.1) is 19.8 Å². The third-order valence-electron chi connectivity index (χ3n) is 14.5. The van der Waals surface area contributed by atoms with Crippen LogP contribution in [0.3, 0.4) is 0 Å². The van der Waals surface area contributed by atoms with Crippen LogP contribution in [0, 0.1) is 0 Å². The van der Waals surface area contributed by atoms with Crippen LogP contribution in [-0.4, -0.2) is 37.7 Å². The highest BCUT2D eigenvalue weighted by Crippen LogP contribution is 2.43. The smallest absolute Gasteiger partial charge is 0.328 e. The number of benzene rings is 3. The Morgan fingerprint density at radius 1 is 0.416 bits per heavy atom. The number of hydrogen-bond acceptors (Lipinski definition) is 9. The molecule has 0 spiro atoms. The summed E-state index contributed by atoms with van der Waals surface area (Å²) in [6.07, 6.45) is 40.0. The van der Waals surface area contributed by atoms with Gasteiger partial charge in [-0.05, 0) is 96.1 Å². The molecule has 2 aromatic heterocycles. The van der Waals surface area contributed by atoms with Crippen molar-refractivity contribution in [1.82, 2.24) is 10.6 Å². The normalized spacial score (nSPS) is 12.6. The van der Waals surface area contributed by atoms with Crippen LogP contribution in [0.4, 0.5) is 4.79 Å². The van der Waals surface area contributed by atoms with Gasteiger partial charge in [-0.2, -0.15) is 0 Å². The quantitative estimate of drug-likeness (QED) is 0.0227. The van der Waals surface area contributed by atoms with Crippen molar-refractivity contribution in [1.29, 1.82) is 0 Å². The number of thiophene rings is 2. The predicted octanol–water partition coefficient (Wildman–Crippen LogP) is 19.5. The number of carbonyl (C=O) groups excluding carboxylic acids is 3. The minimum atomic E-state index is -0.809. The highest BCUT2D eigenvalue weighted by Gasteiger charge is 2.27. The van der Waals surface area contributed by atoms with E-state index in [1.165, 1.54) is 194 Å². The molecule has 9 nitrogen and oxygen atoms in total. The molecule has 4 amide bonds. The van der Waals surface area contributed by atoms with Crippen molar-refractivity contribution in [2.24, 2.45) is 0 Å². The molecule has 0 bridgehead atoms. The van der Waals surface area contributed by atoms with E-state index in [0.717, 1.165) is 63.8 Å². The molecular weight excluding hydrogens is 997 g/mol. The zero-order valence-corrected chi connectivity index (χ0v) is 48.9. The number of carbonyl (C=O) groups is 3. The average molecular weight is 1090 g/mol. The molecule has 3 heterocycles. The van der Waals surface area contributed by atoms with Gasteiger partial charge in [-0.1, -0.05) is 218 Å². The number of rotatable bonds is 42. The summed E-state index contributed by atoms with van der Waals surface area (Å²) in [6.45, 7) is 9.18. The van der Waals surface area contributed by atoms with Gasteiger partial charge in [0.1, 0.15) is 17.9 Å². The molecule has 6 rings (SSSR count). The largest absolute Gasteiger partial charge is 0.490 e. The lowest BCUT2D eigenvalue weighted by Gasteiger charge is -2.19. The van der Waals surface area contributed by atoms with Crippen molar-refractivity contribution < 1.29 is 33.3 Å². The topological polar surface area (TPSA) is 112 Å². The van der Waals surface area contributed by atoms with Gasteiger partial charge in [0, 0.05) is 19.2 Å². The number of nitrogens with one attached hydrogen (secondary N) is 2. The number of amides is 4. The summed E-state index contributed by atoms with van der Waals surface area (Å²) in [4.78, 5) is 38.2. The first-order valence-electron chi connectivity index (χ1n) is 30.2. The number of imide groups is 2. The summed E-state index contributed by atoms with van der Waals surface area (Å²) in [5.74, 6) is 1.66. The molecule has 2 N–H and O–H groups in total. The first kappa shape index (κ1) is 61.1. The molecule has 0 saturated carbocycles. The summed E-state index contributed by atoms with van der Waals surface area (Å²) >= 11 is 3.49. The monoisotopic (exact) mass is 1090 g/mol. The molecule has 1 saturated heterocycles. The van der Waals surface area contributed by atoms with Gasteiger partial charge in [0.15, 0.2) is 11.5 Å². The van der Waals surface area contributed by atoms with E-state index in [-0.39, 0.29) is 5.57 Å². The van der Waals surface area contributed by atoms with Crippen molar-refractivity contribution >= 4 is 56.0 Å². The lowest BCUT2D eigenvalue weighted by atomic mass is 10.1. The number of barbiturate groups is 1. The van der Waals surface area contributed by atoms with E-state index in [2.05, 4.69) is 79.9 Å². The van der Waals surface area contributed by atoms with E-state index in [1.807, 2.05) is 24.3 Å². The van der Waals surface area contributed by atoms with Gasteiger partial charge in [0.2, 0.25) is 5.75 Å². The Morgan fingerprint density at radius 3 is 1.18 bits per heavy atom. The number of unbranched alkanes of at least 4 members (excludes halogenated alkanes) is 27. The summed E-state index contributed by atoms with van der Waals surface area (Å²) in [5.41, 5.74) is 3.77. The Balaban J connectivity index is 1.08. The highest BCUT2D eigenvalue weighted by atomic mass is 32.1. The average Bonchev–Trinajstić information content (AvgIpc) is 4.06. The van der Waals surface area contributed by atoms with Crippen LogP contribution in [0.5, 0.6) is 23.0 Å². The first-order chi connectivity index (χ1) is 37.8. The number of urea groups is 1. The van der Waals surface area contributed by atoms with Crippen LogP contribution >= 0.6 is 22.7 Å². The van der Waals surface area contributed by atoms with E-state index in [4.69, 9.17) is 18.9 Å². The minimum Gasteiger partial charge on any atom is -0.490 e. The molecule has 0 radical (unpaired) electrons. The van der Waals surface area contributed by atoms with Crippen LogP contribution in [0.15, 0.2) is 78.4 Å². The second kappa shape index (κ2) is 36.1. The number of hydrogen-bond donors (Lipinski definition) is 2. The first-order valence-corrected chi connectivity index (χ1v) is 31.8. The summed E-state index contributed by atoms with van der Waals surface area (Å²) in [5, 5.41) is 4.23. The maximum Gasteiger partial charge on any atom is 0.328 e. The van der Waals surface area contributed by atoms with Gasteiger partial charge >= 0.3 is 6.03 Å². The molecular formula is C66H92N2O7S2. The second-order valence-electron chi connectivity index (χ2n) is 21.2. The van der Waals surface area contributed by atoms with Gasteiger partial charge in [-0.15, -0.1) is 22.7 Å². The Kier molecular flexibility index (Phi) is 28.7. The molecule has 77 heavy (non-hydrogen) atoms. The molecule has 0 atom stereocenters. The fourth-order valence-corrected chi connectivity index (χ4v) is 12.3. The maximum absolute atomic E-state index is 12.2. The highest BCUT2D eigenvalue weighted by molar-refractivity contribution is 7.31. The molecule has 5 aromatic rings. The fourth-order valence-electron chi connectivity index (χ4n) is 9.90. The Morgan fingerprint density at radius 2 is 0.779 bits per heavy atom. The van der Waals surface area contributed by atoms with Crippen molar-refractivity contribution in [3.63, 3.8) is 0 Å². The van der Waals surface area contributed by atoms with E-state index >= 15 is 0 Å². The molecule has 1 aliphatic rings. The van der Waals surface area contributed by atoms with Crippen LogP contribution in [0.2, 0.25) is 0 Å². The molecule has 420 valence electrons. The molecule has 1 aliphatic heterocycles. The van der Waals surface area contributed by atoms with Gasteiger partial charge < -0.3 is 18.9 Å². The lowest BCUT2D eigenvalue weighted by Crippen LogP contribution is -2.51. The lowest BCUT2D eigenvalue weighted by molar-refractivity contribution is -0.123. The number of ether oxygens (including phenoxy) is 4. The molecule has 1 fully saturated rings. The molecule has 0 unspecified atom stereocenters. The standard InChI is InChI=1S/C66H92N2O7S2/c1-4-7-10-13-16-19-22-25-28-31-42-72-57-46-52(47-58(73-43-32-29-26-23-20-17-14-11-8-5-2)63(57)74-44-33-30-27-24-21-18-15-12-9-6-3)50-75-55-40-38-54(39-41-55)60-49-62-61(77-60)48-59(76-62)53-36-34-51(35-37-53)45-56-64(69)67-66(71)68-65(56)70/h34-41,45-49H,4-33,42-44,50H2,1-3H3,(H2,67,68,69,70,71). The Labute approximate surface area is 470 Å². The zero-order valence-electron chi connectivity index (χ0n) is 47.2. The maximum atomic E-state index is 12.2. The van der Waals surface area contributed by atoms with Crippen LogP contribution in [0.1, 0.15) is 225 Å². The van der Waals surface area contributed by atoms with Crippen molar-refractivity contribution in [2.75, 3.05) is 19.8 Å². The van der Waals surface area contributed by atoms with Crippen molar-refractivity contribution in [2.45, 2.75) is 220 Å². The predicted molar refractivity (Wildman–Crippen MR) is 323 cm³/mol.